The van der Waals surface area contributed by atoms with Crippen molar-refractivity contribution in [3.05, 3.63) is 0 Å². The Bertz CT molecular complexity index is 263. The maximum absolute atomic E-state index is 6.07. The summed E-state index contributed by atoms with van der Waals surface area (Å²) in [5, 5.41) is 3.80. The van der Waals surface area contributed by atoms with Gasteiger partial charge in [-0.1, -0.05) is 0 Å². The summed E-state index contributed by atoms with van der Waals surface area (Å²) in [5.74, 6) is 3.32. The minimum atomic E-state index is 0.219. The fourth-order valence-corrected chi connectivity index (χ4v) is 4.73. The Morgan fingerprint density at radius 2 is 2.06 bits per heavy atom. The molecule has 18 heavy (non-hydrogen) atoms. The van der Waals surface area contributed by atoms with Crippen molar-refractivity contribution in [1.29, 1.82) is 0 Å². The molecule has 3 aliphatic rings. The molecule has 3 fully saturated rings. The van der Waals surface area contributed by atoms with Gasteiger partial charge >= 0.3 is 0 Å². The number of thioether (sulfide) groups is 1. The van der Waals surface area contributed by atoms with Crippen LogP contribution in [0.5, 0.6) is 0 Å². The zero-order valence-corrected chi connectivity index (χ0v) is 12.0. The van der Waals surface area contributed by atoms with Gasteiger partial charge in [0, 0.05) is 31.6 Å². The molecular formula is C14H25NO2S. The summed E-state index contributed by atoms with van der Waals surface area (Å²) in [4.78, 5) is 0. The highest BCUT2D eigenvalue weighted by Gasteiger charge is 2.40. The first-order valence-corrected chi connectivity index (χ1v) is 8.55. The normalized spacial score (nSPS) is 38.3. The largest absolute Gasteiger partial charge is 0.381 e. The Morgan fingerprint density at radius 3 is 2.83 bits per heavy atom. The lowest BCUT2D eigenvalue weighted by Crippen LogP contribution is -2.48. The van der Waals surface area contributed by atoms with E-state index < -0.39 is 0 Å². The monoisotopic (exact) mass is 271 g/mol. The fourth-order valence-electron chi connectivity index (χ4n) is 3.35. The van der Waals surface area contributed by atoms with Gasteiger partial charge in [-0.25, -0.2) is 0 Å². The second kappa shape index (κ2) is 6.12. The highest BCUT2D eigenvalue weighted by atomic mass is 32.2. The molecule has 0 aliphatic carbocycles. The summed E-state index contributed by atoms with van der Waals surface area (Å²) >= 11 is 2.06. The molecule has 0 bridgehead atoms. The van der Waals surface area contributed by atoms with E-state index >= 15 is 0 Å². The maximum atomic E-state index is 6.07. The molecule has 0 aromatic rings. The van der Waals surface area contributed by atoms with Crippen LogP contribution in [0.4, 0.5) is 0 Å². The minimum absolute atomic E-state index is 0.219. The Kier molecular flexibility index (Phi) is 4.50. The molecule has 2 atom stereocenters. The molecule has 0 aromatic heterocycles. The highest BCUT2D eigenvalue weighted by molar-refractivity contribution is 7.99. The quantitative estimate of drug-likeness (QED) is 0.851. The van der Waals surface area contributed by atoms with Gasteiger partial charge in [-0.05, 0) is 50.3 Å². The van der Waals surface area contributed by atoms with Gasteiger partial charge in [0.15, 0.2) is 0 Å². The molecule has 4 heteroatoms. The molecule has 3 aliphatic heterocycles. The molecule has 104 valence electrons. The van der Waals surface area contributed by atoms with Crippen molar-refractivity contribution in [1.82, 2.24) is 5.32 Å². The van der Waals surface area contributed by atoms with E-state index in [0.29, 0.717) is 6.04 Å². The fraction of sp³-hybridized carbons (Fsp3) is 1.00. The van der Waals surface area contributed by atoms with Gasteiger partial charge in [0.25, 0.3) is 0 Å². The number of hydrogen-bond donors (Lipinski definition) is 1. The van der Waals surface area contributed by atoms with Crippen molar-refractivity contribution in [3.8, 4) is 0 Å². The van der Waals surface area contributed by atoms with Crippen molar-refractivity contribution in [2.45, 2.75) is 43.7 Å². The number of rotatable bonds is 3. The Labute approximate surface area is 114 Å². The predicted octanol–water partition coefficient (Wildman–Crippen LogP) is 2.06. The molecule has 3 rings (SSSR count). The van der Waals surface area contributed by atoms with Gasteiger partial charge in [0.1, 0.15) is 0 Å². The van der Waals surface area contributed by atoms with E-state index in [9.17, 15) is 0 Å². The zero-order valence-electron chi connectivity index (χ0n) is 11.2. The van der Waals surface area contributed by atoms with E-state index in [1.54, 1.807) is 0 Å². The lowest BCUT2D eigenvalue weighted by Gasteiger charge is -2.38. The van der Waals surface area contributed by atoms with Crippen LogP contribution in [0.1, 0.15) is 32.1 Å². The molecule has 3 heterocycles. The molecule has 0 radical (unpaired) electrons. The third-order valence-electron chi connectivity index (χ3n) is 4.60. The molecule has 1 spiro atoms. The molecule has 1 N–H and O–H groups in total. The maximum Gasteiger partial charge on any atom is 0.0795 e. The van der Waals surface area contributed by atoms with Crippen molar-refractivity contribution in [3.63, 3.8) is 0 Å². The summed E-state index contributed by atoms with van der Waals surface area (Å²) in [6.07, 6.45) is 6.14. The molecule has 0 amide bonds. The van der Waals surface area contributed by atoms with Crippen molar-refractivity contribution >= 4 is 11.8 Å². The van der Waals surface area contributed by atoms with Gasteiger partial charge in [-0.2, -0.15) is 11.8 Å². The third kappa shape index (κ3) is 3.21. The average Bonchev–Trinajstić information content (AvgIpc) is 2.86. The molecular weight excluding hydrogens is 246 g/mol. The lowest BCUT2D eigenvalue weighted by molar-refractivity contribution is -0.0708. The molecule has 2 unspecified atom stereocenters. The average molecular weight is 271 g/mol. The second-order valence-electron chi connectivity index (χ2n) is 5.99. The van der Waals surface area contributed by atoms with Gasteiger partial charge < -0.3 is 14.8 Å². The van der Waals surface area contributed by atoms with Gasteiger partial charge in [-0.15, -0.1) is 0 Å². The summed E-state index contributed by atoms with van der Waals surface area (Å²) in [6, 6.07) is 0.681. The molecule has 0 aromatic carbocycles. The van der Waals surface area contributed by atoms with Gasteiger partial charge in [-0.3, -0.25) is 0 Å². The third-order valence-corrected chi connectivity index (χ3v) is 5.82. The van der Waals surface area contributed by atoms with E-state index in [-0.39, 0.29) is 5.60 Å². The summed E-state index contributed by atoms with van der Waals surface area (Å²) in [5.41, 5.74) is 0.219. The van der Waals surface area contributed by atoms with Crippen LogP contribution in [-0.4, -0.2) is 49.5 Å². The minimum Gasteiger partial charge on any atom is -0.381 e. The van der Waals surface area contributed by atoms with Crippen molar-refractivity contribution in [2.75, 3.05) is 37.9 Å². The van der Waals surface area contributed by atoms with Gasteiger partial charge in [0.2, 0.25) is 0 Å². The second-order valence-corrected chi connectivity index (χ2v) is 7.09. The first-order valence-electron chi connectivity index (χ1n) is 7.39. The molecule has 3 saturated heterocycles. The Balaban J connectivity index is 1.44. The van der Waals surface area contributed by atoms with E-state index in [2.05, 4.69) is 17.1 Å². The zero-order chi connectivity index (χ0) is 12.3. The van der Waals surface area contributed by atoms with Crippen LogP contribution in [0, 0.1) is 5.92 Å². The topological polar surface area (TPSA) is 30.5 Å². The van der Waals surface area contributed by atoms with E-state index in [1.165, 1.54) is 50.2 Å². The number of nitrogens with one attached hydrogen (secondary N) is 1. The smallest absolute Gasteiger partial charge is 0.0795 e. The SMILES string of the molecule is C1CC(CNC2CCOC3(CCSC3)C2)CCO1. The Morgan fingerprint density at radius 1 is 1.17 bits per heavy atom. The number of hydrogen-bond acceptors (Lipinski definition) is 4. The van der Waals surface area contributed by atoms with Crippen LogP contribution in [0.15, 0.2) is 0 Å². The molecule has 3 nitrogen and oxygen atoms in total. The van der Waals surface area contributed by atoms with Crippen LogP contribution < -0.4 is 5.32 Å². The van der Waals surface area contributed by atoms with Crippen LogP contribution >= 0.6 is 11.8 Å². The van der Waals surface area contributed by atoms with Crippen LogP contribution in [0.25, 0.3) is 0 Å². The highest BCUT2D eigenvalue weighted by Crippen LogP contribution is 2.38. The van der Waals surface area contributed by atoms with E-state index in [4.69, 9.17) is 9.47 Å². The van der Waals surface area contributed by atoms with Crippen LogP contribution in [-0.2, 0) is 9.47 Å². The summed E-state index contributed by atoms with van der Waals surface area (Å²) in [7, 11) is 0. The van der Waals surface area contributed by atoms with Gasteiger partial charge in [0.05, 0.1) is 5.60 Å². The standard InChI is InChI=1S/C14H25NO2S/c1-5-16-6-2-12(1)10-15-13-3-7-17-14(9-13)4-8-18-11-14/h12-13,15H,1-11H2. The first kappa shape index (κ1) is 13.2. The predicted molar refractivity (Wildman–Crippen MR) is 75.2 cm³/mol. The van der Waals surface area contributed by atoms with E-state index in [1.807, 2.05) is 0 Å². The summed E-state index contributed by atoms with van der Waals surface area (Å²) in [6.45, 7) is 4.05. The molecule has 0 saturated carbocycles. The van der Waals surface area contributed by atoms with Crippen molar-refractivity contribution in [2.24, 2.45) is 5.92 Å². The van der Waals surface area contributed by atoms with Crippen LogP contribution in [0.3, 0.4) is 0 Å². The van der Waals surface area contributed by atoms with E-state index in [0.717, 1.165) is 25.7 Å². The first-order chi connectivity index (χ1) is 8.86. The summed E-state index contributed by atoms with van der Waals surface area (Å²) < 4.78 is 11.5. The number of ether oxygens (including phenoxy) is 2. The van der Waals surface area contributed by atoms with Crippen molar-refractivity contribution < 1.29 is 9.47 Å². The van der Waals surface area contributed by atoms with Crippen LogP contribution in [0.2, 0.25) is 0 Å². The lowest BCUT2D eigenvalue weighted by atomic mass is 9.89. The Hall–Kier alpha value is 0.230.